The lowest BCUT2D eigenvalue weighted by molar-refractivity contribution is 0.128. The van der Waals surface area contributed by atoms with E-state index >= 15 is 0 Å². The Hall–Kier alpha value is -0.860. The van der Waals surface area contributed by atoms with Crippen LogP contribution in [0, 0.1) is 5.41 Å². The van der Waals surface area contributed by atoms with Gasteiger partial charge in [-0.1, -0.05) is 44.2 Å². The molecule has 0 spiro atoms. The molecule has 0 aromatic heterocycles. The summed E-state index contributed by atoms with van der Waals surface area (Å²) >= 11 is 0. The molecule has 1 aromatic carbocycles. The van der Waals surface area contributed by atoms with Crippen LogP contribution in [0.2, 0.25) is 0 Å². The van der Waals surface area contributed by atoms with Crippen molar-refractivity contribution in [2.45, 2.75) is 45.6 Å². The Bertz CT molecular complexity index is 403. The highest BCUT2D eigenvalue weighted by molar-refractivity contribution is 5.21. The van der Waals surface area contributed by atoms with E-state index in [9.17, 15) is 0 Å². The first kappa shape index (κ1) is 14.5. The van der Waals surface area contributed by atoms with Gasteiger partial charge in [0.2, 0.25) is 0 Å². The van der Waals surface area contributed by atoms with Crippen LogP contribution in [0.3, 0.4) is 0 Å². The lowest BCUT2D eigenvalue weighted by Gasteiger charge is -2.41. The maximum absolute atomic E-state index is 6.31. The quantitative estimate of drug-likeness (QED) is 0.900. The zero-order chi connectivity index (χ0) is 14.1. The largest absolute Gasteiger partial charge is 0.325 e. The number of nitrogens with two attached hydrogens (primary N) is 1. The predicted octanol–water partition coefficient (Wildman–Crippen LogP) is 3.24. The second-order valence-corrected chi connectivity index (χ2v) is 7.24. The molecule has 106 valence electrons. The van der Waals surface area contributed by atoms with E-state index < -0.39 is 0 Å². The van der Waals surface area contributed by atoms with Gasteiger partial charge in [0, 0.05) is 18.6 Å². The van der Waals surface area contributed by atoms with Crippen LogP contribution in [0.15, 0.2) is 30.3 Å². The monoisotopic (exact) mass is 260 g/mol. The molecule has 2 N–H and O–H groups in total. The summed E-state index contributed by atoms with van der Waals surface area (Å²) in [4.78, 5) is 2.58. The zero-order valence-corrected chi connectivity index (χ0v) is 12.8. The van der Waals surface area contributed by atoms with Crippen molar-refractivity contribution < 1.29 is 0 Å². The molecule has 0 saturated carbocycles. The molecule has 1 heterocycles. The fourth-order valence-corrected chi connectivity index (χ4v) is 2.74. The van der Waals surface area contributed by atoms with E-state index in [0.29, 0.717) is 5.92 Å². The van der Waals surface area contributed by atoms with Gasteiger partial charge < -0.3 is 10.6 Å². The van der Waals surface area contributed by atoms with Crippen LogP contribution >= 0.6 is 0 Å². The Morgan fingerprint density at radius 3 is 2.37 bits per heavy atom. The Morgan fingerprint density at radius 1 is 1.16 bits per heavy atom. The number of likely N-dealkylation sites (tertiary alicyclic amines) is 1. The van der Waals surface area contributed by atoms with Crippen molar-refractivity contribution in [3.63, 3.8) is 0 Å². The second kappa shape index (κ2) is 5.26. The summed E-state index contributed by atoms with van der Waals surface area (Å²) in [5, 5.41) is 0. The van der Waals surface area contributed by atoms with E-state index in [0.717, 1.165) is 6.54 Å². The van der Waals surface area contributed by atoms with Gasteiger partial charge in [-0.05, 0) is 43.7 Å². The summed E-state index contributed by atoms with van der Waals surface area (Å²) in [6.45, 7) is 12.3. The Morgan fingerprint density at radius 2 is 1.79 bits per heavy atom. The summed E-state index contributed by atoms with van der Waals surface area (Å²) in [6, 6.07) is 10.9. The lowest BCUT2D eigenvalue weighted by Crippen LogP contribution is -2.52. The molecule has 2 nitrogen and oxygen atoms in total. The first-order valence-corrected chi connectivity index (χ1v) is 7.36. The topological polar surface area (TPSA) is 29.3 Å². The molecule has 1 aliphatic heterocycles. The summed E-state index contributed by atoms with van der Waals surface area (Å²) in [7, 11) is 0. The smallest absolute Gasteiger partial charge is 0.0161 e. The third kappa shape index (κ3) is 3.37. The van der Waals surface area contributed by atoms with Crippen LogP contribution in [-0.2, 0) is 0 Å². The van der Waals surface area contributed by atoms with Gasteiger partial charge in [-0.15, -0.1) is 0 Å². The molecule has 1 atom stereocenters. The minimum atomic E-state index is -0.141. The lowest BCUT2D eigenvalue weighted by atomic mass is 9.75. The average Bonchev–Trinajstić information content (AvgIpc) is 2.76. The van der Waals surface area contributed by atoms with Gasteiger partial charge in [0.25, 0.3) is 0 Å². The second-order valence-electron chi connectivity index (χ2n) is 7.24. The molecule has 0 radical (unpaired) electrons. The van der Waals surface area contributed by atoms with Gasteiger partial charge in [0.15, 0.2) is 0 Å². The number of nitrogens with zero attached hydrogens (tertiary/aromatic N) is 1. The third-order valence-corrected chi connectivity index (χ3v) is 4.91. The van der Waals surface area contributed by atoms with Crippen molar-refractivity contribution in [3.8, 4) is 0 Å². The van der Waals surface area contributed by atoms with Crippen LogP contribution in [0.25, 0.3) is 0 Å². The van der Waals surface area contributed by atoms with Crippen molar-refractivity contribution in [1.29, 1.82) is 0 Å². The van der Waals surface area contributed by atoms with Crippen LogP contribution < -0.4 is 5.73 Å². The normalized spacial score (nSPS) is 21.8. The van der Waals surface area contributed by atoms with Crippen molar-refractivity contribution in [3.05, 3.63) is 35.9 Å². The molecule has 1 aliphatic rings. The maximum atomic E-state index is 6.31. The number of benzene rings is 1. The molecule has 0 aliphatic carbocycles. The molecule has 2 heteroatoms. The molecule has 1 saturated heterocycles. The molecule has 1 fully saturated rings. The fourth-order valence-electron chi connectivity index (χ4n) is 2.74. The Balaban J connectivity index is 1.96. The molecule has 1 unspecified atom stereocenters. The molecule has 1 aromatic rings. The highest BCUT2D eigenvalue weighted by Gasteiger charge is 2.36. The van der Waals surface area contributed by atoms with Crippen molar-refractivity contribution in [2.24, 2.45) is 11.1 Å². The SMILES string of the molecule is CC(C)(N)C(C)(C)CN1CCC(c2ccccc2)C1. The molecule has 2 rings (SSSR count). The van der Waals surface area contributed by atoms with Crippen LogP contribution in [-0.4, -0.2) is 30.1 Å². The van der Waals surface area contributed by atoms with Crippen molar-refractivity contribution in [2.75, 3.05) is 19.6 Å². The van der Waals surface area contributed by atoms with Gasteiger partial charge in [0.05, 0.1) is 0 Å². The fraction of sp³-hybridized carbons (Fsp3) is 0.647. The highest BCUT2D eigenvalue weighted by atomic mass is 15.2. The standard InChI is InChI=1S/C17H28N2/c1-16(2,17(3,4)18)13-19-11-10-15(12-19)14-8-6-5-7-9-14/h5-9,15H,10-13,18H2,1-4H3. The Labute approximate surface area is 118 Å². The molecule has 0 amide bonds. The third-order valence-electron chi connectivity index (χ3n) is 4.91. The summed E-state index contributed by atoms with van der Waals surface area (Å²) in [6.07, 6.45) is 1.27. The predicted molar refractivity (Wildman–Crippen MR) is 82.3 cm³/mol. The van der Waals surface area contributed by atoms with E-state index in [1.54, 1.807) is 0 Å². The maximum Gasteiger partial charge on any atom is 0.0161 e. The van der Waals surface area contributed by atoms with E-state index in [1.807, 2.05) is 0 Å². The van der Waals surface area contributed by atoms with Gasteiger partial charge >= 0.3 is 0 Å². The highest BCUT2D eigenvalue weighted by Crippen LogP contribution is 2.33. The van der Waals surface area contributed by atoms with Crippen molar-refractivity contribution >= 4 is 0 Å². The minimum Gasteiger partial charge on any atom is -0.325 e. The molecular weight excluding hydrogens is 232 g/mol. The van der Waals surface area contributed by atoms with Crippen LogP contribution in [0.4, 0.5) is 0 Å². The summed E-state index contributed by atoms with van der Waals surface area (Å²) in [5.74, 6) is 0.692. The minimum absolute atomic E-state index is 0.137. The van der Waals surface area contributed by atoms with E-state index in [-0.39, 0.29) is 11.0 Å². The summed E-state index contributed by atoms with van der Waals surface area (Å²) < 4.78 is 0. The number of hydrogen-bond acceptors (Lipinski definition) is 2. The van der Waals surface area contributed by atoms with Gasteiger partial charge in [-0.3, -0.25) is 0 Å². The van der Waals surface area contributed by atoms with Crippen LogP contribution in [0.5, 0.6) is 0 Å². The molecule has 0 bridgehead atoms. The van der Waals surface area contributed by atoms with Crippen molar-refractivity contribution in [1.82, 2.24) is 4.90 Å². The number of rotatable bonds is 4. The first-order chi connectivity index (χ1) is 8.79. The van der Waals surface area contributed by atoms with E-state index in [4.69, 9.17) is 5.73 Å². The van der Waals surface area contributed by atoms with Gasteiger partial charge in [0.1, 0.15) is 0 Å². The molecule has 19 heavy (non-hydrogen) atoms. The van der Waals surface area contributed by atoms with Crippen LogP contribution in [0.1, 0.15) is 45.6 Å². The number of hydrogen-bond donors (Lipinski definition) is 1. The average molecular weight is 260 g/mol. The molecular formula is C17H28N2. The summed E-state index contributed by atoms with van der Waals surface area (Å²) in [5.41, 5.74) is 7.79. The van der Waals surface area contributed by atoms with Gasteiger partial charge in [-0.2, -0.15) is 0 Å². The van der Waals surface area contributed by atoms with E-state index in [2.05, 4.69) is 62.9 Å². The van der Waals surface area contributed by atoms with E-state index in [1.165, 1.54) is 25.1 Å². The first-order valence-electron chi connectivity index (χ1n) is 7.36. The Kier molecular flexibility index (Phi) is 4.03. The zero-order valence-electron chi connectivity index (χ0n) is 12.8. The van der Waals surface area contributed by atoms with Gasteiger partial charge in [-0.25, -0.2) is 0 Å².